The number of halogens is 2. The van der Waals surface area contributed by atoms with E-state index in [1.54, 1.807) is 0 Å². The van der Waals surface area contributed by atoms with E-state index in [0.717, 1.165) is 24.3 Å². The smallest absolute Gasteiger partial charge is 0.279 e. The predicted molar refractivity (Wildman–Crippen MR) is 89.7 cm³/mol. The molecule has 0 aromatic heterocycles. The maximum Gasteiger partial charge on any atom is 0.291 e. The maximum atomic E-state index is 12.4. The molecule has 0 aliphatic heterocycles. The summed E-state index contributed by atoms with van der Waals surface area (Å²) in [7, 11) is -4.34. The SMILES string of the molecule is O=[N+]([O-])c1cc(NS(=O)(=O)c2ccc(Br)cc2[N+](=O)[O-])ccc1Cl. The standard InChI is InChI=1S/C12H7BrClN3O6S/c13-7-1-4-12(11(5-7)17(20)21)24(22,23)15-8-2-3-9(14)10(6-8)16(18)19/h1-6,15H. The van der Waals surface area contributed by atoms with Gasteiger partial charge in [-0.15, -0.1) is 0 Å². The molecule has 2 aromatic carbocycles. The second kappa shape index (κ2) is 6.71. The number of sulfonamides is 1. The largest absolute Gasteiger partial charge is 0.291 e. The molecular weight excluding hydrogens is 430 g/mol. The molecule has 0 spiro atoms. The Morgan fingerprint density at radius 3 is 2.21 bits per heavy atom. The number of anilines is 1. The molecule has 0 atom stereocenters. The second-order valence-electron chi connectivity index (χ2n) is 4.40. The van der Waals surface area contributed by atoms with Gasteiger partial charge in [-0.25, -0.2) is 8.42 Å². The molecule has 2 rings (SSSR count). The van der Waals surface area contributed by atoms with Crippen LogP contribution < -0.4 is 4.72 Å². The van der Waals surface area contributed by atoms with Gasteiger partial charge in [0, 0.05) is 16.6 Å². The van der Waals surface area contributed by atoms with Crippen molar-refractivity contribution in [1.82, 2.24) is 0 Å². The van der Waals surface area contributed by atoms with E-state index in [2.05, 4.69) is 20.7 Å². The molecule has 0 radical (unpaired) electrons. The summed E-state index contributed by atoms with van der Waals surface area (Å²) >= 11 is 8.67. The van der Waals surface area contributed by atoms with Gasteiger partial charge in [0.15, 0.2) is 4.90 Å². The summed E-state index contributed by atoms with van der Waals surface area (Å²) in [5, 5.41) is 21.7. The second-order valence-corrected chi connectivity index (χ2v) is 7.37. The van der Waals surface area contributed by atoms with Crippen LogP contribution in [0, 0.1) is 20.2 Å². The Labute approximate surface area is 148 Å². The highest BCUT2D eigenvalue weighted by Gasteiger charge is 2.27. The Balaban J connectivity index is 2.49. The topological polar surface area (TPSA) is 132 Å². The summed E-state index contributed by atoms with van der Waals surface area (Å²) in [5.74, 6) is 0. The van der Waals surface area contributed by atoms with Gasteiger partial charge in [0.05, 0.1) is 15.5 Å². The van der Waals surface area contributed by atoms with E-state index in [4.69, 9.17) is 11.6 Å². The van der Waals surface area contributed by atoms with Crippen LogP contribution in [0.4, 0.5) is 17.1 Å². The van der Waals surface area contributed by atoms with Crippen molar-refractivity contribution in [2.75, 3.05) is 4.72 Å². The van der Waals surface area contributed by atoms with Gasteiger partial charge in [0.2, 0.25) is 0 Å². The minimum Gasteiger partial charge on any atom is -0.279 e. The fourth-order valence-corrected chi connectivity index (χ4v) is 3.53. The molecule has 0 bridgehead atoms. The molecule has 0 saturated heterocycles. The van der Waals surface area contributed by atoms with Crippen molar-refractivity contribution in [3.63, 3.8) is 0 Å². The highest BCUT2D eigenvalue weighted by Crippen LogP contribution is 2.31. The van der Waals surface area contributed by atoms with Gasteiger partial charge < -0.3 is 0 Å². The van der Waals surface area contributed by atoms with Crippen molar-refractivity contribution in [2.24, 2.45) is 0 Å². The van der Waals surface area contributed by atoms with E-state index in [0.29, 0.717) is 4.47 Å². The van der Waals surface area contributed by atoms with E-state index in [1.807, 2.05) is 0 Å². The van der Waals surface area contributed by atoms with Crippen LogP contribution in [0.25, 0.3) is 0 Å². The number of nitro groups is 2. The summed E-state index contributed by atoms with van der Waals surface area (Å²) in [6.07, 6.45) is 0. The van der Waals surface area contributed by atoms with Crippen molar-refractivity contribution in [3.05, 3.63) is 66.1 Å². The number of hydrogen-bond donors (Lipinski definition) is 1. The average Bonchev–Trinajstić information content (AvgIpc) is 2.48. The highest BCUT2D eigenvalue weighted by molar-refractivity contribution is 9.10. The zero-order valence-electron chi connectivity index (χ0n) is 11.5. The third-order valence-electron chi connectivity index (χ3n) is 2.80. The lowest BCUT2D eigenvalue weighted by Gasteiger charge is -2.09. The molecule has 0 fully saturated rings. The van der Waals surface area contributed by atoms with Gasteiger partial charge in [0.25, 0.3) is 21.4 Å². The van der Waals surface area contributed by atoms with E-state index < -0.39 is 36.1 Å². The molecule has 2 aromatic rings. The fourth-order valence-electron chi connectivity index (χ4n) is 1.79. The third kappa shape index (κ3) is 3.80. The first-order valence-electron chi connectivity index (χ1n) is 6.02. The minimum atomic E-state index is -4.34. The van der Waals surface area contributed by atoms with Crippen LogP contribution >= 0.6 is 27.5 Å². The van der Waals surface area contributed by atoms with Gasteiger partial charge in [-0.1, -0.05) is 27.5 Å². The van der Waals surface area contributed by atoms with E-state index in [1.165, 1.54) is 12.1 Å². The van der Waals surface area contributed by atoms with Gasteiger partial charge in [-0.2, -0.15) is 0 Å². The molecular formula is C12H7BrClN3O6S. The third-order valence-corrected chi connectivity index (χ3v) is 5.04. The van der Waals surface area contributed by atoms with Crippen LogP contribution in [-0.4, -0.2) is 18.3 Å². The number of nitrogens with one attached hydrogen (secondary N) is 1. The average molecular weight is 437 g/mol. The Bertz CT molecular complexity index is 950. The van der Waals surface area contributed by atoms with Crippen molar-refractivity contribution in [2.45, 2.75) is 4.90 Å². The maximum absolute atomic E-state index is 12.4. The number of rotatable bonds is 5. The molecule has 24 heavy (non-hydrogen) atoms. The van der Waals surface area contributed by atoms with Crippen molar-refractivity contribution < 1.29 is 18.3 Å². The summed E-state index contributed by atoms with van der Waals surface area (Å²) in [6, 6.07) is 6.69. The van der Waals surface area contributed by atoms with Crippen molar-refractivity contribution >= 4 is 54.6 Å². The van der Waals surface area contributed by atoms with Crippen LogP contribution in [0.1, 0.15) is 0 Å². The monoisotopic (exact) mass is 435 g/mol. The molecule has 0 unspecified atom stereocenters. The molecule has 9 nitrogen and oxygen atoms in total. The quantitative estimate of drug-likeness (QED) is 0.561. The minimum absolute atomic E-state index is 0.150. The summed E-state index contributed by atoms with van der Waals surface area (Å²) in [5.41, 5.74) is -1.29. The summed E-state index contributed by atoms with van der Waals surface area (Å²) < 4.78 is 27.1. The molecule has 0 amide bonds. The molecule has 0 saturated carbocycles. The van der Waals surface area contributed by atoms with E-state index >= 15 is 0 Å². The first-order chi connectivity index (χ1) is 11.1. The highest BCUT2D eigenvalue weighted by atomic mass is 79.9. The lowest BCUT2D eigenvalue weighted by atomic mass is 10.3. The Morgan fingerprint density at radius 1 is 1.00 bits per heavy atom. The van der Waals surface area contributed by atoms with Crippen LogP contribution in [0.5, 0.6) is 0 Å². The first kappa shape index (κ1) is 18.1. The Morgan fingerprint density at radius 2 is 1.62 bits per heavy atom. The normalized spacial score (nSPS) is 11.1. The van der Waals surface area contributed by atoms with Crippen molar-refractivity contribution in [1.29, 1.82) is 0 Å². The van der Waals surface area contributed by atoms with Crippen LogP contribution in [0.2, 0.25) is 5.02 Å². The Kier molecular flexibility index (Phi) is 5.06. The van der Waals surface area contributed by atoms with Crippen LogP contribution in [-0.2, 0) is 10.0 Å². The van der Waals surface area contributed by atoms with E-state index in [9.17, 15) is 28.6 Å². The molecule has 0 aliphatic rings. The lowest BCUT2D eigenvalue weighted by Crippen LogP contribution is -2.15. The predicted octanol–water partition coefficient (Wildman–Crippen LogP) is 3.72. The van der Waals surface area contributed by atoms with E-state index in [-0.39, 0.29) is 10.7 Å². The number of benzene rings is 2. The zero-order chi connectivity index (χ0) is 18.1. The number of nitrogens with zero attached hydrogens (tertiary/aromatic N) is 2. The van der Waals surface area contributed by atoms with Gasteiger partial charge in [0.1, 0.15) is 5.02 Å². The molecule has 0 aliphatic carbocycles. The number of hydrogen-bond acceptors (Lipinski definition) is 6. The number of nitro benzene ring substituents is 2. The van der Waals surface area contributed by atoms with Gasteiger partial charge in [-0.3, -0.25) is 25.0 Å². The van der Waals surface area contributed by atoms with Gasteiger partial charge >= 0.3 is 0 Å². The van der Waals surface area contributed by atoms with Crippen LogP contribution in [0.15, 0.2) is 45.8 Å². The Hall–Kier alpha value is -2.24. The summed E-state index contributed by atoms with van der Waals surface area (Å²) in [6.45, 7) is 0. The summed E-state index contributed by atoms with van der Waals surface area (Å²) in [4.78, 5) is 19.7. The zero-order valence-corrected chi connectivity index (χ0v) is 14.6. The lowest BCUT2D eigenvalue weighted by molar-refractivity contribution is -0.387. The van der Waals surface area contributed by atoms with Gasteiger partial charge in [-0.05, 0) is 24.3 Å². The molecule has 126 valence electrons. The molecule has 1 N–H and O–H groups in total. The first-order valence-corrected chi connectivity index (χ1v) is 8.68. The van der Waals surface area contributed by atoms with Crippen molar-refractivity contribution in [3.8, 4) is 0 Å². The van der Waals surface area contributed by atoms with Crippen LogP contribution in [0.3, 0.4) is 0 Å². The molecule has 0 heterocycles. The molecule has 12 heteroatoms. The fraction of sp³-hybridized carbons (Fsp3) is 0.